The summed E-state index contributed by atoms with van der Waals surface area (Å²) in [4.78, 5) is 11.0. The van der Waals surface area contributed by atoms with Gasteiger partial charge in [-0.3, -0.25) is 4.90 Å². The molecule has 1 saturated heterocycles. The Hall–Kier alpha value is -1.42. The molecule has 0 unspecified atom stereocenters. The molecule has 0 radical (unpaired) electrons. The molecule has 1 aliphatic heterocycles. The predicted molar refractivity (Wildman–Crippen MR) is 111 cm³/mol. The lowest BCUT2D eigenvalue weighted by molar-refractivity contribution is 0.211. The zero-order chi connectivity index (χ0) is 19.6. The lowest BCUT2D eigenvalue weighted by Crippen LogP contribution is -2.39. The molecule has 0 aliphatic carbocycles. The van der Waals surface area contributed by atoms with E-state index in [-0.39, 0.29) is 10.9 Å². The van der Waals surface area contributed by atoms with Gasteiger partial charge in [0.05, 0.1) is 9.37 Å². The smallest absolute Gasteiger partial charge is 0.224 e. The van der Waals surface area contributed by atoms with E-state index in [1.165, 1.54) is 12.3 Å². The second-order valence-corrected chi connectivity index (χ2v) is 9.92. The van der Waals surface area contributed by atoms with Gasteiger partial charge >= 0.3 is 0 Å². The van der Waals surface area contributed by atoms with Crippen molar-refractivity contribution < 1.29 is 8.42 Å². The highest BCUT2D eigenvalue weighted by atomic mass is 79.9. The fraction of sp³-hybridized carbons (Fsp3) is 0.412. The monoisotopic (exact) mass is 473 g/mol. The fourth-order valence-corrected chi connectivity index (χ4v) is 4.14. The number of hydrogen-bond acceptors (Lipinski definition) is 7. The number of nitrogens with two attached hydrogens (primary N) is 1. The van der Waals surface area contributed by atoms with Crippen molar-refractivity contribution in [3.63, 3.8) is 0 Å². The van der Waals surface area contributed by atoms with Gasteiger partial charge < -0.3 is 11.1 Å². The molecule has 3 rings (SSSR count). The Morgan fingerprint density at radius 2 is 2.07 bits per heavy atom. The lowest BCUT2D eigenvalue weighted by atomic mass is 10.0. The largest absolute Gasteiger partial charge is 0.383 e. The number of sulfone groups is 1. The second kappa shape index (κ2) is 8.30. The number of nitrogen functional groups attached to an aromatic ring is 1. The summed E-state index contributed by atoms with van der Waals surface area (Å²) in [5.41, 5.74) is 6.72. The summed E-state index contributed by atoms with van der Waals surface area (Å²) in [6.07, 6.45) is 4.71. The molecule has 7 nitrogen and oxygen atoms in total. The second-order valence-electron chi connectivity index (χ2n) is 6.65. The highest BCUT2D eigenvalue weighted by Gasteiger charge is 2.21. The van der Waals surface area contributed by atoms with Crippen molar-refractivity contribution in [3.8, 4) is 0 Å². The summed E-state index contributed by atoms with van der Waals surface area (Å²) < 4.78 is 23.9. The van der Waals surface area contributed by atoms with Crippen molar-refractivity contribution in [2.75, 3.05) is 30.4 Å². The zero-order valence-electron chi connectivity index (χ0n) is 14.8. The topological polar surface area (TPSA) is 101 Å². The molecule has 1 fully saturated rings. The minimum atomic E-state index is -3.25. The maximum absolute atomic E-state index is 11.6. The van der Waals surface area contributed by atoms with Crippen LogP contribution in [0.25, 0.3) is 0 Å². The normalized spacial score (nSPS) is 16.4. The highest BCUT2D eigenvalue weighted by molar-refractivity contribution is 9.10. The van der Waals surface area contributed by atoms with Gasteiger partial charge in [-0.25, -0.2) is 13.4 Å². The van der Waals surface area contributed by atoms with Gasteiger partial charge in [-0.1, -0.05) is 17.7 Å². The quantitative estimate of drug-likeness (QED) is 0.687. The Kier molecular flexibility index (Phi) is 6.25. The maximum atomic E-state index is 11.6. The van der Waals surface area contributed by atoms with Crippen LogP contribution < -0.4 is 11.1 Å². The van der Waals surface area contributed by atoms with Gasteiger partial charge in [0.25, 0.3) is 0 Å². The number of halogens is 2. The number of likely N-dealkylation sites (tertiary alicyclic amines) is 1. The Morgan fingerprint density at radius 3 is 2.67 bits per heavy atom. The third-order valence-corrected chi connectivity index (χ3v) is 6.61. The van der Waals surface area contributed by atoms with Gasteiger partial charge in [-0.05, 0) is 46.5 Å². The van der Waals surface area contributed by atoms with E-state index >= 15 is 0 Å². The van der Waals surface area contributed by atoms with Gasteiger partial charge in [-0.15, -0.1) is 0 Å². The van der Waals surface area contributed by atoms with Gasteiger partial charge in [0.1, 0.15) is 5.82 Å². The highest BCUT2D eigenvalue weighted by Crippen LogP contribution is 2.24. The predicted octanol–water partition coefficient (Wildman–Crippen LogP) is 2.95. The molecule has 0 saturated carbocycles. The molecular weight excluding hydrogens is 454 g/mol. The number of benzene rings is 1. The van der Waals surface area contributed by atoms with Crippen LogP contribution in [0.5, 0.6) is 0 Å². The van der Waals surface area contributed by atoms with E-state index in [1.54, 1.807) is 18.3 Å². The Morgan fingerprint density at radius 1 is 1.37 bits per heavy atom. The van der Waals surface area contributed by atoms with Crippen LogP contribution in [0.3, 0.4) is 0 Å². The van der Waals surface area contributed by atoms with Gasteiger partial charge in [0.15, 0.2) is 9.84 Å². The van der Waals surface area contributed by atoms with Crippen LogP contribution >= 0.6 is 27.5 Å². The van der Waals surface area contributed by atoms with Gasteiger partial charge in [0, 0.05) is 43.2 Å². The van der Waals surface area contributed by atoms with Crippen molar-refractivity contribution in [2.45, 2.75) is 30.3 Å². The Bertz CT molecular complexity index is 933. The molecule has 1 aromatic carbocycles. The number of aromatic nitrogens is 2. The van der Waals surface area contributed by atoms with Crippen LogP contribution in [0.2, 0.25) is 5.02 Å². The van der Waals surface area contributed by atoms with Crippen LogP contribution in [0, 0.1) is 0 Å². The van der Waals surface area contributed by atoms with Gasteiger partial charge in [0.2, 0.25) is 5.95 Å². The standard InChI is InChI=1S/C17H21BrClN5O2S/c1-27(25,26)13-3-2-11(15(19)8-13)10-24-6-4-12(5-7-24)22-17-21-9-14(18)16(20)23-17/h2-3,8-9,12H,4-7,10H2,1H3,(H3,20,21,22,23). The first-order valence-corrected chi connectivity index (χ1v) is 11.5. The summed E-state index contributed by atoms with van der Waals surface area (Å²) in [7, 11) is -3.25. The first-order valence-electron chi connectivity index (χ1n) is 8.48. The van der Waals surface area contributed by atoms with E-state index in [2.05, 4.69) is 36.1 Å². The first-order chi connectivity index (χ1) is 12.7. The number of anilines is 2. The molecular formula is C17H21BrClN5O2S. The summed E-state index contributed by atoms with van der Waals surface area (Å²) in [6, 6.07) is 5.21. The van der Waals surface area contributed by atoms with Crippen LogP contribution in [-0.4, -0.2) is 48.7 Å². The molecule has 2 aromatic rings. The van der Waals surface area contributed by atoms with Crippen LogP contribution in [-0.2, 0) is 16.4 Å². The SMILES string of the molecule is CS(=O)(=O)c1ccc(CN2CCC(Nc3ncc(Br)c(N)n3)CC2)c(Cl)c1. The molecule has 27 heavy (non-hydrogen) atoms. The molecule has 146 valence electrons. The van der Waals surface area contributed by atoms with Crippen LogP contribution in [0.4, 0.5) is 11.8 Å². The minimum absolute atomic E-state index is 0.243. The molecule has 0 atom stereocenters. The molecule has 0 spiro atoms. The van der Waals surface area contributed by atoms with Crippen molar-refractivity contribution in [1.82, 2.24) is 14.9 Å². The van der Waals surface area contributed by atoms with Crippen LogP contribution in [0.1, 0.15) is 18.4 Å². The summed E-state index contributed by atoms with van der Waals surface area (Å²) in [5.74, 6) is 0.950. The Labute approximate surface area is 172 Å². The minimum Gasteiger partial charge on any atom is -0.383 e. The average molecular weight is 475 g/mol. The Balaban J connectivity index is 1.56. The number of rotatable bonds is 5. The van der Waals surface area contributed by atoms with Crippen molar-refractivity contribution in [3.05, 3.63) is 39.5 Å². The number of nitrogens with zero attached hydrogens (tertiary/aromatic N) is 3. The molecule has 2 heterocycles. The summed E-state index contributed by atoms with van der Waals surface area (Å²) in [5, 5.41) is 3.81. The third kappa shape index (κ3) is 5.31. The van der Waals surface area contributed by atoms with E-state index in [4.69, 9.17) is 17.3 Å². The third-order valence-electron chi connectivity index (χ3n) is 4.54. The van der Waals surface area contributed by atoms with Crippen molar-refractivity contribution >= 4 is 49.1 Å². The fourth-order valence-electron chi connectivity index (χ4n) is 3.00. The summed E-state index contributed by atoms with van der Waals surface area (Å²) >= 11 is 9.57. The average Bonchev–Trinajstić information content (AvgIpc) is 2.61. The number of nitrogens with one attached hydrogen (secondary N) is 1. The van der Waals surface area contributed by atoms with Crippen molar-refractivity contribution in [2.24, 2.45) is 0 Å². The first kappa shape index (κ1) is 20.3. The molecule has 10 heteroatoms. The molecule has 0 bridgehead atoms. The maximum Gasteiger partial charge on any atom is 0.224 e. The number of hydrogen-bond donors (Lipinski definition) is 2. The molecule has 1 aromatic heterocycles. The summed E-state index contributed by atoms with van der Waals surface area (Å²) in [6.45, 7) is 2.49. The van der Waals surface area contributed by atoms with E-state index in [9.17, 15) is 8.42 Å². The van der Waals surface area contributed by atoms with E-state index < -0.39 is 9.84 Å². The zero-order valence-corrected chi connectivity index (χ0v) is 18.0. The molecule has 3 N–H and O–H groups in total. The van der Waals surface area contributed by atoms with Crippen molar-refractivity contribution in [1.29, 1.82) is 0 Å². The molecule has 0 amide bonds. The molecule has 1 aliphatic rings. The number of piperidine rings is 1. The van der Waals surface area contributed by atoms with E-state index in [1.807, 2.05) is 0 Å². The van der Waals surface area contributed by atoms with E-state index in [0.717, 1.165) is 31.5 Å². The van der Waals surface area contributed by atoms with Gasteiger partial charge in [-0.2, -0.15) is 4.98 Å². The van der Waals surface area contributed by atoms with E-state index in [0.29, 0.717) is 27.8 Å². The van der Waals surface area contributed by atoms with Crippen LogP contribution in [0.15, 0.2) is 33.8 Å². The lowest BCUT2D eigenvalue weighted by Gasteiger charge is -2.32.